The fraction of sp³-hybridized carbons (Fsp3) is 0.0714. The van der Waals surface area contributed by atoms with Crippen molar-refractivity contribution in [1.29, 1.82) is 0 Å². The van der Waals surface area contributed by atoms with Gasteiger partial charge >= 0.3 is 0 Å². The number of methoxy groups -OCH3 is 1. The van der Waals surface area contributed by atoms with Crippen LogP contribution in [0.5, 0.6) is 5.75 Å². The predicted octanol–water partition coefficient (Wildman–Crippen LogP) is 3.32. The molecule has 0 atom stereocenters. The van der Waals surface area contributed by atoms with Crippen molar-refractivity contribution in [3.63, 3.8) is 0 Å². The summed E-state index contributed by atoms with van der Waals surface area (Å²) < 4.78 is 5.33. The van der Waals surface area contributed by atoms with Gasteiger partial charge in [0.1, 0.15) is 11.4 Å². The van der Waals surface area contributed by atoms with Crippen molar-refractivity contribution < 1.29 is 4.74 Å². The van der Waals surface area contributed by atoms with Gasteiger partial charge in [0.25, 0.3) is 0 Å². The number of aromatic nitrogens is 2. The molecule has 2 heterocycles. The van der Waals surface area contributed by atoms with Gasteiger partial charge in [-0.05, 0) is 24.3 Å². The van der Waals surface area contributed by atoms with E-state index < -0.39 is 0 Å². The SMILES string of the molecule is COc1ccccc1Nc1ccnc2[nH]ccc12. The summed E-state index contributed by atoms with van der Waals surface area (Å²) in [6, 6.07) is 11.8. The lowest BCUT2D eigenvalue weighted by Crippen LogP contribution is -1.95. The van der Waals surface area contributed by atoms with E-state index in [0.717, 1.165) is 28.2 Å². The molecule has 0 amide bonds. The van der Waals surface area contributed by atoms with E-state index in [0.29, 0.717) is 0 Å². The summed E-state index contributed by atoms with van der Waals surface area (Å²) in [6.07, 6.45) is 3.65. The minimum Gasteiger partial charge on any atom is -0.495 e. The van der Waals surface area contributed by atoms with Crippen LogP contribution < -0.4 is 10.1 Å². The highest BCUT2D eigenvalue weighted by Crippen LogP contribution is 2.29. The molecule has 1 aromatic carbocycles. The molecule has 0 unspecified atom stereocenters. The van der Waals surface area contributed by atoms with Gasteiger partial charge in [-0.3, -0.25) is 0 Å². The van der Waals surface area contributed by atoms with E-state index in [1.54, 1.807) is 13.3 Å². The van der Waals surface area contributed by atoms with Crippen LogP contribution in [0.2, 0.25) is 0 Å². The van der Waals surface area contributed by atoms with Gasteiger partial charge in [-0.1, -0.05) is 12.1 Å². The Hall–Kier alpha value is -2.49. The molecule has 4 nitrogen and oxygen atoms in total. The van der Waals surface area contributed by atoms with Crippen molar-refractivity contribution in [1.82, 2.24) is 9.97 Å². The van der Waals surface area contributed by atoms with Crippen molar-refractivity contribution in [3.8, 4) is 5.75 Å². The second kappa shape index (κ2) is 4.41. The number of ether oxygens (including phenoxy) is 1. The van der Waals surface area contributed by atoms with Crippen LogP contribution in [0.25, 0.3) is 11.0 Å². The number of nitrogens with zero attached hydrogens (tertiary/aromatic N) is 1. The van der Waals surface area contributed by atoms with Crippen molar-refractivity contribution in [2.24, 2.45) is 0 Å². The topological polar surface area (TPSA) is 49.9 Å². The largest absolute Gasteiger partial charge is 0.495 e. The summed E-state index contributed by atoms with van der Waals surface area (Å²) in [4.78, 5) is 7.35. The Morgan fingerprint density at radius 3 is 2.89 bits per heavy atom. The molecule has 0 spiro atoms. The first-order valence-corrected chi connectivity index (χ1v) is 5.70. The van der Waals surface area contributed by atoms with Crippen molar-refractivity contribution in [2.45, 2.75) is 0 Å². The maximum Gasteiger partial charge on any atom is 0.142 e. The molecule has 3 aromatic rings. The number of H-pyrrole nitrogens is 1. The number of anilines is 2. The normalized spacial score (nSPS) is 10.5. The fourth-order valence-corrected chi connectivity index (χ4v) is 1.96. The van der Waals surface area contributed by atoms with E-state index in [1.165, 1.54) is 0 Å². The number of fused-ring (bicyclic) bond motifs is 1. The first kappa shape index (κ1) is 10.7. The number of aromatic amines is 1. The second-order valence-corrected chi connectivity index (χ2v) is 3.92. The third-order valence-corrected chi connectivity index (χ3v) is 2.84. The Bertz CT molecular complexity index is 675. The Morgan fingerprint density at radius 1 is 1.11 bits per heavy atom. The Balaban J connectivity index is 2.04. The molecule has 90 valence electrons. The highest BCUT2D eigenvalue weighted by Gasteiger charge is 2.05. The van der Waals surface area contributed by atoms with Gasteiger partial charge in [0.2, 0.25) is 0 Å². The average molecular weight is 239 g/mol. The molecule has 0 aliphatic carbocycles. The zero-order chi connectivity index (χ0) is 12.4. The van der Waals surface area contributed by atoms with Gasteiger partial charge in [0, 0.05) is 17.8 Å². The highest BCUT2D eigenvalue weighted by molar-refractivity contribution is 5.91. The molecule has 0 aliphatic heterocycles. The molecule has 0 radical (unpaired) electrons. The first-order valence-electron chi connectivity index (χ1n) is 5.70. The van der Waals surface area contributed by atoms with Gasteiger partial charge in [-0.2, -0.15) is 0 Å². The quantitative estimate of drug-likeness (QED) is 0.737. The van der Waals surface area contributed by atoms with Gasteiger partial charge < -0.3 is 15.0 Å². The third-order valence-electron chi connectivity index (χ3n) is 2.84. The van der Waals surface area contributed by atoms with Crippen molar-refractivity contribution >= 4 is 22.4 Å². The van der Waals surface area contributed by atoms with Crippen LogP contribution in [-0.2, 0) is 0 Å². The molecule has 2 aromatic heterocycles. The summed E-state index contributed by atoms with van der Waals surface area (Å²) in [5.74, 6) is 0.818. The van der Waals surface area contributed by atoms with Crippen molar-refractivity contribution in [3.05, 3.63) is 48.8 Å². The molecule has 4 heteroatoms. The molecular weight excluding hydrogens is 226 g/mol. The number of rotatable bonds is 3. The molecule has 18 heavy (non-hydrogen) atoms. The first-order chi connectivity index (χ1) is 8.88. The van der Waals surface area contributed by atoms with Crippen LogP contribution >= 0.6 is 0 Å². The number of hydrogen-bond donors (Lipinski definition) is 2. The second-order valence-electron chi connectivity index (χ2n) is 3.92. The summed E-state index contributed by atoms with van der Waals surface area (Å²) in [6.45, 7) is 0. The molecule has 0 saturated heterocycles. The van der Waals surface area contributed by atoms with E-state index in [1.807, 2.05) is 42.6 Å². The van der Waals surface area contributed by atoms with E-state index in [-0.39, 0.29) is 0 Å². The van der Waals surface area contributed by atoms with Crippen LogP contribution in [-0.4, -0.2) is 17.1 Å². The molecule has 2 N–H and O–H groups in total. The maximum absolute atomic E-state index is 5.33. The minimum absolute atomic E-state index is 0.818. The Morgan fingerprint density at radius 2 is 2.00 bits per heavy atom. The highest BCUT2D eigenvalue weighted by atomic mass is 16.5. The van der Waals surface area contributed by atoms with Crippen LogP contribution in [0.4, 0.5) is 11.4 Å². The summed E-state index contributed by atoms with van der Waals surface area (Å²) in [7, 11) is 1.67. The van der Waals surface area contributed by atoms with Crippen LogP contribution in [0.15, 0.2) is 48.8 Å². The standard InChI is InChI=1S/C14H13N3O/c1-18-13-5-3-2-4-12(13)17-11-7-9-16-14-10(11)6-8-15-14/h2-9H,1H3,(H2,15,16,17). The molecular formula is C14H13N3O. The zero-order valence-electron chi connectivity index (χ0n) is 9.97. The number of hydrogen-bond acceptors (Lipinski definition) is 3. The monoisotopic (exact) mass is 239 g/mol. The number of pyridine rings is 1. The molecule has 0 bridgehead atoms. The van der Waals surface area contributed by atoms with Crippen LogP contribution in [0, 0.1) is 0 Å². The van der Waals surface area contributed by atoms with E-state index >= 15 is 0 Å². The number of nitrogens with one attached hydrogen (secondary N) is 2. The lowest BCUT2D eigenvalue weighted by atomic mass is 10.2. The predicted molar refractivity (Wildman–Crippen MR) is 72.4 cm³/mol. The fourth-order valence-electron chi connectivity index (χ4n) is 1.96. The van der Waals surface area contributed by atoms with E-state index in [2.05, 4.69) is 15.3 Å². The molecule has 3 rings (SSSR count). The lowest BCUT2D eigenvalue weighted by Gasteiger charge is -2.11. The van der Waals surface area contributed by atoms with Crippen LogP contribution in [0.1, 0.15) is 0 Å². The summed E-state index contributed by atoms with van der Waals surface area (Å²) in [5.41, 5.74) is 2.81. The minimum atomic E-state index is 0.818. The van der Waals surface area contributed by atoms with E-state index in [4.69, 9.17) is 4.74 Å². The average Bonchev–Trinajstić information content (AvgIpc) is 2.89. The lowest BCUT2D eigenvalue weighted by molar-refractivity contribution is 0.417. The molecule has 0 saturated carbocycles. The van der Waals surface area contributed by atoms with Crippen LogP contribution in [0.3, 0.4) is 0 Å². The Labute approximate surface area is 105 Å². The van der Waals surface area contributed by atoms with Gasteiger partial charge in [-0.25, -0.2) is 4.98 Å². The van der Waals surface area contributed by atoms with Gasteiger partial charge in [0.15, 0.2) is 0 Å². The molecule has 0 aliphatic rings. The zero-order valence-corrected chi connectivity index (χ0v) is 9.97. The Kier molecular flexibility index (Phi) is 2.61. The third kappa shape index (κ3) is 1.78. The smallest absolute Gasteiger partial charge is 0.142 e. The van der Waals surface area contributed by atoms with Crippen molar-refractivity contribution in [2.75, 3.05) is 12.4 Å². The van der Waals surface area contributed by atoms with Gasteiger partial charge in [-0.15, -0.1) is 0 Å². The maximum atomic E-state index is 5.33. The summed E-state index contributed by atoms with van der Waals surface area (Å²) in [5, 5.41) is 4.43. The van der Waals surface area contributed by atoms with E-state index in [9.17, 15) is 0 Å². The molecule has 0 fully saturated rings. The number of benzene rings is 1. The summed E-state index contributed by atoms with van der Waals surface area (Å²) >= 11 is 0. The van der Waals surface area contributed by atoms with Gasteiger partial charge in [0.05, 0.1) is 18.5 Å². The number of para-hydroxylation sites is 2.